The lowest BCUT2D eigenvalue weighted by Gasteiger charge is -2.13. The molecule has 0 saturated heterocycles. The van der Waals surface area contributed by atoms with Crippen molar-refractivity contribution in [1.82, 2.24) is 5.32 Å². The smallest absolute Gasteiger partial charge is 0.375 e. The van der Waals surface area contributed by atoms with Crippen LogP contribution in [0, 0.1) is 6.92 Å². The lowest BCUT2D eigenvalue weighted by molar-refractivity contribution is -0.129. The van der Waals surface area contributed by atoms with Crippen molar-refractivity contribution in [2.45, 2.75) is 26.5 Å². The Morgan fingerprint density at radius 1 is 1.15 bits per heavy atom. The molecule has 0 saturated carbocycles. The van der Waals surface area contributed by atoms with Crippen LogP contribution in [0.1, 0.15) is 28.6 Å². The Balaban J connectivity index is 1.64. The van der Waals surface area contributed by atoms with E-state index in [1.807, 2.05) is 36.4 Å². The molecule has 1 N–H and O–H groups in total. The van der Waals surface area contributed by atoms with Gasteiger partial charge in [-0.05, 0) is 31.5 Å². The summed E-state index contributed by atoms with van der Waals surface area (Å²) in [4.78, 5) is 24.6. The van der Waals surface area contributed by atoms with Crippen LogP contribution in [0.4, 0.5) is 0 Å². The Labute approximate surface area is 155 Å². The zero-order chi connectivity index (χ0) is 18.7. The molecule has 6 heteroatoms. The number of fused-ring (bicyclic) bond motifs is 1. The predicted molar refractivity (Wildman–Crippen MR) is 99.1 cm³/mol. The minimum Gasteiger partial charge on any atom is -0.449 e. The van der Waals surface area contributed by atoms with E-state index in [-0.39, 0.29) is 12.3 Å². The van der Waals surface area contributed by atoms with Crippen LogP contribution in [0.15, 0.2) is 52.9 Å². The molecule has 1 amide bonds. The van der Waals surface area contributed by atoms with Crippen molar-refractivity contribution in [1.29, 1.82) is 0 Å². The Bertz CT molecular complexity index is 963. The van der Waals surface area contributed by atoms with Gasteiger partial charge in [-0.3, -0.25) is 4.79 Å². The first kappa shape index (κ1) is 18.0. The highest BCUT2D eigenvalue weighted by Crippen LogP contribution is 2.25. The highest BCUT2D eigenvalue weighted by Gasteiger charge is 2.24. The fraction of sp³-hybridized carbons (Fsp3) is 0.200. The minimum absolute atomic E-state index is 0.108. The standard InChI is InChI=1S/C20H18ClNO4/c1-12-15-8-4-6-10-17(15)26-18(12)20(24)25-13(2)19(23)22-11-14-7-3-5-9-16(14)21/h3-10,13H,11H2,1-2H3,(H,22,23)/t13-/m0/s1. The number of carbonyl (C=O) groups is 2. The molecule has 1 atom stereocenters. The molecule has 5 nitrogen and oxygen atoms in total. The van der Waals surface area contributed by atoms with Crippen molar-refractivity contribution in [3.8, 4) is 0 Å². The van der Waals surface area contributed by atoms with Crippen molar-refractivity contribution in [3.63, 3.8) is 0 Å². The highest BCUT2D eigenvalue weighted by atomic mass is 35.5. The van der Waals surface area contributed by atoms with Crippen LogP contribution in [-0.2, 0) is 16.1 Å². The van der Waals surface area contributed by atoms with Crippen LogP contribution < -0.4 is 5.32 Å². The molecule has 0 aliphatic heterocycles. The second kappa shape index (κ2) is 7.62. The molecule has 0 fully saturated rings. The molecule has 0 unspecified atom stereocenters. The van der Waals surface area contributed by atoms with Crippen LogP contribution in [0.5, 0.6) is 0 Å². The van der Waals surface area contributed by atoms with Gasteiger partial charge in [-0.25, -0.2) is 4.79 Å². The average Bonchev–Trinajstić information content (AvgIpc) is 2.98. The number of ether oxygens (including phenoxy) is 1. The van der Waals surface area contributed by atoms with Crippen LogP contribution in [0.3, 0.4) is 0 Å². The van der Waals surface area contributed by atoms with E-state index in [0.29, 0.717) is 16.2 Å². The van der Waals surface area contributed by atoms with Gasteiger partial charge in [-0.2, -0.15) is 0 Å². The summed E-state index contributed by atoms with van der Waals surface area (Å²) in [5.74, 6) is -0.969. The van der Waals surface area contributed by atoms with E-state index in [0.717, 1.165) is 10.9 Å². The summed E-state index contributed by atoms with van der Waals surface area (Å²) in [5.41, 5.74) is 2.08. The molecule has 134 valence electrons. The molecule has 1 aromatic heterocycles. The topological polar surface area (TPSA) is 68.5 Å². The number of hydrogen-bond acceptors (Lipinski definition) is 4. The lowest BCUT2D eigenvalue weighted by atomic mass is 10.1. The van der Waals surface area contributed by atoms with E-state index < -0.39 is 18.0 Å². The van der Waals surface area contributed by atoms with Gasteiger partial charge in [-0.1, -0.05) is 48.0 Å². The van der Waals surface area contributed by atoms with Crippen molar-refractivity contribution >= 4 is 34.4 Å². The van der Waals surface area contributed by atoms with Crippen molar-refractivity contribution in [2.75, 3.05) is 0 Å². The third-order valence-electron chi connectivity index (χ3n) is 4.09. The summed E-state index contributed by atoms with van der Waals surface area (Å²) in [5, 5.41) is 4.11. The van der Waals surface area contributed by atoms with Gasteiger partial charge < -0.3 is 14.5 Å². The number of benzene rings is 2. The third-order valence-corrected chi connectivity index (χ3v) is 4.46. The summed E-state index contributed by atoms with van der Waals surface area (Å²) < 4.78 is 10.8. The van der Waals surface area contributed by atoms with E-state index in [1.54, 1.807) is 19.1 Å². The fourth-order valence-electron chi connectivity index (χ4n) is 2.60. The van der Waals surface area contributed by atoms with Gasteiger partial charge in [0.15, 0.2) is 6.10 Å². The van der Waals surface area contributed by atoms with Crippen LogP contribution in [0.25, 0.3) is 11.0 Å². The van der Waals surface area contributed by atoms with E-state index in [1.165, 1.54) is 6.92 Å². The second-order valence-electron chi connectivity index (χ2n) is 5.91. The predicted octanol–water partition coefficient (Wildman–Crippen LogP) is 4.26. The molecular formula is C20H18ClNO4. The number of esters is 1. The van der Waals surface area contributed by atoms with Crippen molar-refractivity contribution in [3.05, 3.63) is 70.4 Å². The van der Waals surface area contributed by atoms with Crippen molar-refractivity contribution < 1.29 is 18.7 Å². The molecule has 1 heterocycles. The summed E-state index contributed by atoms with van der Waals surface area (Å²) >= 11 is 6.06. The lowest BCUT2D eigenvalue weighted by Crippen LogP contribution is -2.35. The second-order valence-corrected chi connectivity index (χ2v) is 6.32. The summed E-state index contributed by atoms with van der Waals surface area (Å²) in [6, 6.07) is 14.5. The molecule has 26 heavy (non-hydrogen) atoms. The molecular weight excluding hydrogens is 354 g/mol. The molecule has 0 aliphatic carbocycles. The van der Waals surface area contributed by atoms with Gasteiger partial charge in [0.05, 0.1) is 0 Å². The normalized spacial score (nSPS) is 12.0. The molecule has 0 aliphatic rings. The van der Waals surface area contributed by atoms with Gasteiger partial charge in [0, 0.05) is 22.5 Å². The van der Waals surface area contributed by atoms with Gasteiger partial charge >= 0.3 is 5.97 Å². The number of amides is 1. The first-order valence-electron chi connectivity index (χ1n) is 8.17. The van der Waals surface area contributed by atoms with Crippen molar-refractivity contribution in [2.24, 2.45) is 0 Å². The van der Waals surface area contributed by atoms with Gasteiger partial charge in [0.2, 0.25) is 5.76 Å². The van der Waals surface area contributed by atoms with Crippen LogP contribution >= 0.6 is 11.6 Å². The summed E-state index contributed by atoms with van der Waals surface area (Å²) in [6.07, 6.45) is -0.961. The zero-order valence-electron chi connectivity index (χ0n) is 14.4. The number of rotatable bonds is 5. The molecule has 0 spiro atoms. The van der Waals surface area contributed by atoms with E-state index in [4.69, 9.17) is 20.8 Å². The van der Waals surface area contributed by atoms with E-state index in [9.17, 15) is 9.59 Å². The van der Waals surface area contributed by atoms with Gasteiger partial charge in [-0.15, -0.1) is 0 Å². The van der Waals surface area contributed by atoms with E-state index >= 15 is 0 Å². The summed E-state index contributed by atoms with van der Waals surface area (Å²) in [7, 11) is 0. The number of carbonyl (C=O) groups excluding carboxylic acids is 2. The number of halogens is 1. The Morgan fingerprint density at radius 2 is 1.85 bits per heavy atom. The van der Waals surface area contributed by atoms with Crippen LogP contribution in [-0.4, -0.2) is 18.0 Å². The number of aryl methyl sites for hydroxylation is 1. The minimum atomic E-state index is -0.961. The van der Waals surface area contributed by atoms with Gasteiger partial charge in [0.25, 0.3) is 5.91 Å². The van der Waals surface area contributed by atoms with Gasteiger partial charge in [0.1, 0.15) is 5.58 Å². The highest BCUT2D eigenvalue weighted by molar-refractivity contribution is 6.31. The fourth-order valence-corrected chi connectivity index (χ4v) is 2.81. The quantitative estimate of drug-likeness (QED) is 0.680. The largest absolute Gasteiger partial charge is 0.449 e. The Kier molecular flexibility index (Phi) is 5.28. The first-order valence-corrected chi connectivity index (χ1v) is 8.55. The summed E-state index contributed by atoms with van der Waals surface area (Å²) in [6.45, 7) is 3.55. The molecule has 0 radical (unpaired) electrons. The number of furan rings is 1. The van der Waals surface area contributed by atoms with E-state index in [2.05, 4.69) is 5.32 Å². The van der Waals surface area contributed by atoms with Crippen LogP contribution in [0.2, 0.25) is 5.02 Å². The third kappa shape index (κ3) is 3.73. The number of hydrogen-bond donors (Lipinski definition) is 1. The molecule has 3 rings (SSSR count). The maximum absolute atomic E-state index is 12.4. The average molecular weight is 372 g/mol. The zero-order valence-corrected chi connectivity index (χ0v) is 15.2. The molecule has 0 bridgehead atoms. The maximum Gasteiger partial charge on any atom is 0.375 e. The Hall–Kier alpha value is -2.79. The molecule has 3 aromatic rings. The number of nitrogens with one attached hydrogen (secondary N) is 1. The maximum atomic E-state index is 12.4. The monoisotopic (exact) mass is 371 g/mol. The number of para-hydroxylation sites is 1. The first-order chi connectivity index (χ1) is 12.5. The Morgan fingerprint density at radius 3 is 2.58 bits per heavy atom. The SMILES string of the molecule is Cc1c(C(=O)O[C@@H](C)C(=O)NCc2ccccc2Cl)oc2ccccc12. The molecule has 2 aromatic carbocycles.